The van der Waals surface area contributed by atoms with Crippen LogP contribution >= 0.6 is 0 Å². The summed E-state index contributed by atoms with van der Waals surface area (Å²) in [6, 6.07) is 21.6. The van der Waals surface area contributed by atoms with Crippen LogP contribution in [0.4, 0.5) is 0 Å². The minimum absolute atomic E-state index is 0.209. The number of hydrogen-bond donors (Lipinski definition) is 0. The van der Waals surface area contributed by atoms with Gasteiger partial charge in [0.15, 0.2) is 0 Å². The van der Waals surface area contributed by atoms with Crippen molar-refractivity contribution in [3.63, 3.8) is 0 Å². The minimum Gasteiger partial charge on any atom is -0.403 e. The average molecular weight is 379 g/mol. The number of rotatable bonds is 7. The van der Waals surface area contributed by atoms with E-state index in [-0.39, 0.29) is 30.2 Å². The van der Waals surface area contributed by atoms with E-state index in [4.69, 9.17) is 9.31 Å². The van der Waals surface area contributed by atoms with E-state index in [2.05, 4.69) is 107 Å². The Morgan fingerprint density at radius 1 is 0.857 bits per heavy atom. The maximum atomic E-state index is 6.47. The van der Waals surface area contributed by atoms with Crippen LogP contribution in [-0.2, 0) is 15.9 Å². The topological polar surface area (TPSA) is 21.7 Å². The Balaban J connectivity index is 1.91. The smallest absolute Gasteiger partial charge is 0.403 e. The van der Waals surface area contributed by atoms with Gasteiger partial charge < -0.3 is 9.31 Å². The highest BCUT2D eigenvalue weighted by atomic mass is 16.7. The van der Waals surface area contributed by atoms with Gasteiger partial charge in [-0.2, -0.15) is 0 Å². The summed E-state index contributed by atoms with van der Waals surface area (Å²) in [5.74, 6) is 0.233. The van der Waals surface area contributed by atoms with Gasteiger partial charge in [0.05, 0.1) is 11.2 Å². The molecule has 28 heavy (non-hydrogen) atoms. The molecule has 1 saturated heterocycles. The summed E-state index contributed by atoms with van der Waals surface area (Å²) in [4.78, 5) is 2.43. The summed E-state index contributed by atoms with van der Waals surface area (Å²) >= 11 is 0. The lowest BCUT2D eigenvalue weighted by atomic mass is 9.64. The maximum Gasteiger partial charge on any atom is 0.463 e. The van der Waals surface area contributed by atoms with Gasteiger partial charge in [0.2, 0.25) is 0 Å². The van der Waals surface area contributed by atoms with Gasteiger partial charge in [0, 0.05) is 18.4 Å². The fraction of sp³-hybridized carbons (Fsp3) is 0.500. The molecule has 0 radical (unpaired) electrons. The molecule has 0 unspecified atom stereocenters. The summed E-state index contributed by atoms with van der Waals surface area (Å²) in [7, 11) is 1.98. The Kier molecular flexibility index (Phi) is 6.33. The summed E-state index contributed by atoms with van der Waals surface area (Å²) in [5, 5.41) is 0. The third kappa shape index (κ3) is 4.35. The lowest BCUT2D eigenvalue weighted by molar-refractivity contribution is 0.00578. The zero-order chi connectivity index (χ0) is 20.4. The van der Waals surface area contributed by atoms with Crippen LogP contribution < -0.4 is 0 Å². The molecule has 2 aromatic carbocycles. The predicted molar refractivity (Wildman–Crippen MR) is 117 cm³/mol. The molecule has 3 nitrogen and oxygen atoms in total. The molecule has 1 aliphatic heterocycles. The van der Waals surface area contributed by atoms with E-state index >= 15 is 0 Å². The van der Waals surface area contributed by atoms with Crippen LogP contribution in [0.15, 0.2) is 60.7 Å². The van der Waals surface area contributed by atoms with Gasteiger partial charge in [0.1, 0.15) is 0 Å². The minimum atomic E-state index is -0.315. The first-order valence-corrected chi connectivity index (χ1v) is 10.4. The Morgan fingerprint density at radius 2 is 1.36 bits per heavy atom. The van der Waals surface area contributed by atoms with Crippen molar-refractivity contribution in [2.45, 2.75) is 70.6 Å². The lowest BCUT2D eigenvalue weighted by Crippen LogP contribution is -2.41. The quantitative estimate of drug-likeness (QED) is 0.573. The van der Waals surface area contributed by atoms with E-state index in [1.807, 2.05) is 0 Å². The van der Waals surface area contributed by atoms with Crippen LogP contribution in [0, 0.1) is 0 Å². The lowest BCUT2D eigenvalue weighted by Gasteiger charge is -2.36. The van der Waals surface area contributed by atoms with E-state index in [9.17, 15) is 0 Å². The van der Waals surface area contributed by atoms with E-state index < -0.39 is 0 Å². The van der Waals surface area contributed by atoms with Crippen molar-refractivity contribution in [3.05, 3.63) is 71.8 Å². The van der Waals surface area contributed by atoms with Gasteiger partial charge in [-0.3, -0.25) is 4.90 Å². The van der Waals surface area contributed by atoms with Crippen LogP contribution in [0.3, 0.4) is 0 Å². The summed E-state index contributed by atoms with van der Waals surface area (Å²) in [5.41, 5.74) is 1.99. The van der Waals surface area contributed by atoms with Gasteiger partial charge in [0.25, 0.3) is 0 Å². The monoisotopic (exact) mass is 379 g/mol. The largest absolute Gasteiger partial charge is 0.463 e. The molecule has 1 heterocycles. The molecule has 0 bridgehead atoms. The first-order chi connectivity index (χ1) is 13.2. The molecule has 0 saturated carbocycles. The van der Waals surface area contributed by atoms with Gasteiger partial charge in [-0.1, -0.05) is 74.0 Å². The molecule has 1 fully saturated rings. The zero-order valence-corrected chi connectivity index (χ0v) is 18.2. The maximum absolute atomic E-state index is 6.47. The standard InChI is InChI=1S/C24H34BNO2/c1-7-21(25-27-23(2,3)24(4,5)28-25)22(20-16-12-9-13-17-20)26(6)18-19-14-10-8-11-15-19/h8-17,21-22H,7,18H2,1-6H3/t21-,22-/m1/s1. The van der Waals surface area contributed by atoms with Crippen molar-refractivity contribution in [2.24, 2.45) is 0 Å². The van der Waals surface area contributed by atoms with Crippen LogP contribution in [0.5, 0.6) is 0 Å². The molecular weight excluding hydrogens is 345 g/mol. The summed E-state index contributed by atoms with van der Waals surface area (Å²) in [6.07, 6.45) is 0.982. The first-order valence-electron chi connectivity index (χ1n) is 10.4. The predicted octanol–water partition coefficient (Wildman–Crippen LogP) is 5.73. The highest BCUT2D eigenvalue weighted by molar-refractivity contribution is 6.47. The molecule has 0 aromatic heterocycles. The van der Waals surface area contributed by atoms with Gasteiger partial charge >= 0.3 is 7.12 Å². The molecule has 1 aliphatic rings. The van der Waals surface area contributed by atoms with Crippen LogP contribution in [-0.4, -0.2) is 30.3 Å². The van der Waals surface area contributed by atoms with Crippen molar-refractivity contribution in [3.8, 4) is 0 Å². The fourth-order valence-corrected chi connectivity index (χ4v) is 4.08. The highest BCUT2D eigenvalue weighted by Crippen LogP contribution is 2.46. The third-order valence-corrected chi connectivity index (χ3v) is 6.39. The molecule has 2 aromatic rings. The van der Waals surface area contributed by atoms with Crippen molar-refractivity contribution in [2.75, 3.05) is 7.05 Å². The molecule has 0 amide bonds. The molecule has 3 rings (SSSR count). The Morgan fingerprint density at radius 3 is 1.86 bits per heavy atom. The van der Waals surface area contributed by atoms with Crippen molar-refractivity contribution < 1.29 is 9.31 Å². The molecule has 0 N–H and O–H groups in total. The molecule has 2 atom stereocenters. The second-order valence-electron chi connectivity index (χ2n) is 8.95. The van der Waals surface area contributed by atoms with Crippen LogP contribution in [0.1, 0.15) is 58.2 Å². The second-order valence-corrected chi connectivity index (χ2v) is 8.95. The van der Waals surface area contributed by atoms with Crippen molar-refractivity contribution >= 4 is 7.12 Å². The zero-order valence-electron chi connectivity index (χ0n) is 18.2. The van der Waals surface area contributed by atoms with Gasteiger partial charge in [-0.25, -0.2) is 0 Å². The summed E-state index contributed by atoms with van der Waals surface area (Å²) in [6.45, 7) is 11.6. The SMILES string of the molecule is CC[C@@H](B1OC(C)(C)C(C)(C)O1)[C@@H](c1ccccc1)N(C)Cc1ccccc1. The fourth-order valence-electron chi connectivity index (χ4n) is 4.08. The molecule has 0 spiro atoms. The number of hydrogen-bond acceptors (Lipinski definition) is 3. The molecule has 4 heteroatoms. The van der Waals surface area contributed by atoms with E-state index in [1.165, 1.54) is 11.1 Å². The van der Waals surface area contributed by atoms with Crippen LogP contribution in [0.25, 0.3) is 0 Å². The van der Waals surface area contributed by atoms with E-state index in [1.54, 1.807) is 0 Å². The number of nitrogens with zero attached hydrogens (tertiary/aromatic N) is 1. The van der Waals surface area contributed by atoms with Crippen molar-refractivity contribution in [1.82, 2.24) is 4.90 Å². The third-order valence-electron chi connectivity index (χ3n) is 6.39. The Bertz CT molecular complexity index is 732. The molecular formula is C24H34BNO2. The van der Waals surface area contributed by atoms with Gasteiger partial charge in [-0.15, -0.1) is 0 Å². The Hall–Kier alpha value is -1.62. The highest BCUT2D eigenvalue weighted by Gasteiger charge is 2.55. The van der Waals surface area contributed by atoms with E-state index in [0.29, 0.717) is 0 Å². The first kappa shape index (κ1) is 21.1. The molecule has 150 valence electrons. The van der Waals surface area contributed by atoms with Crippen molar-refractivity contribution in [1.29, 1.82) is 0 Å². The Labute approximate surface area is 171 Å². The summed E-state index contributed by atoms with van der Waals surface area (Å²) < 4.78 is 12.9. The normalized spacial score (nSPS) is 20.3. The second kappa shape index (κ2) is 8.40. The van der Waals surface area contributed by atoms with Gasteiger partial charge in [-0.05, 0) is 45.9 Å². The van der Waals surface area contributed by atoms with E-state index in [0.717, 1.165) is 13.0 Å². The molecule has 0 aliphatic carbocycles. The van der Waals surface area contributed by atoms with Crippen LogP contribution in [0.2, 0.25) is 5.82 Å². The number of benzene rings is 2. The average Bonchev–Trinajstić information content (AvgIpc) is 2.88.